The summed E-state index contributed by atoms with van der Waals surface area (Å²) in [6.07, 6.45) is 1.05. The summed E-state index contributed by atoms with van der Waals surface area (Å²) in [7, 11) is 0. The lowest BCUT2D eigenvalue weighted by molar-refractivity contribution is 0.712. The topological polar surface area (TPSA) is 12.0 Å². The molecule has 1 aromatic rings. The first kappa shape index (κ1) is 13.1. The van der Waals surface area contributed by atoms with Gasteiger partial charge in [0.15, 0.2) is 0 Å². The lowest BCUT2D eigenvalue weighted by Gasteiger charge is -2.17. The Morgan fingerprint density at radius 3 is 2.25 bits per heavy atom. The predicted molar refractivity (Wildman–Crippen MR) is 72.6 cm³/mol. The van der Waals surface area contributed by atoms with Crippen molar-refractivity contribution in [3.8, 4) is 0 Å². The molecule has 0 unspecified atom stereocenters. The molecule has 0 aliphatic heterocycles. The molecule has 0 saturated carbocycles. The Balaban J connectivity index is 3.06. The van der Waals surface area contributed by atoms with Crippen molar-refractivity contribution in [1.29, 1.82) is 0 Å². The largest absolute Gasteiger partial charge is 0.382 e. The molecular formula is C14H20ClN. The van der Waals surface area contributed by atoms with Crippen LogP contribution < -0.4 is 5.32 Å². The Hall–Kier alpha value is -0.950. The van der Waals surface area contributed by atoms with Crippen molar-refractivity contribution in [1.82, 2.24) is 5.32 Å². The number of allylic oxidation sites excluding steroid dienone is 1. The SMILES string of the molecule is CC/C(C)=C(/NC(C)C)c1ccc(Cl)cc1. The van der Waals surface area contributed by atoms with E-state index in [1.165, 1.54) is 16.8 Å². The number of rotatable bonds is 4. The average Bonchev–Trinajstić information content (AvgIpc) is 2.26. The Bertz CT molecular complexity index is 363. The summed E-state index contributed by atoms with van der Waals surface area (Å²) < 4.78 is 0. The van der Waals surface area contributed by atoms with Gasteiger partial charge >= 0.3 is 0 Å². The number of hydrogen-bond acceptors (Lipinski definition) is 1. The summed E-state index contributed by atoms with van der Waals surface area (Å²) in [6.45, 7) is 8.64. The summed E-state index contributed by atoms with van der Waals surface area (Å²) in [5.41, 5.74) is 3.81. The predicted octanol–water partition coefficient (Wildman–Crippen LogP) is 4.48. The number of nitrogens with one attached hydrogen (secondary N) is 1. The van der Waals surface area contributed by atoms with Crippen LogP contribution in [-0.4, -0.2) is 6.04 Å². The zero-order valence-electron chi connectivity index (χ0n) is 10.5. The first-order chi connectivity index (χ1) is 7.54. The molecule has 0 amide bonds. The van der Waals surface area contributed by atoms with Gasteiger partial charge in [-0.3, -0.25) is 0 Å². The molecule has 0 bridgehead atoms. The maximum Gasteiger partial charge on any atom is 0.0406 e. The molecule has 16 heavy (non-hydrogen) atoms. The van der Waals surface area contributed by atoms with Gasteiger partial charge in [0, 0.05) is 16.8 Å². The van der Waals surface area contributed by atoms with E-state index in [9.17, 15) is 0 Å². The van der Waals surface area contributed by atoms with Crippen LogP contribution in [0.15, 0.2) is 29.8 Å². The van der Waals surface area contributed by atoms with E-state index in [2.05, 4.69) is 45.1 Å². The van der Waals surface area contributed by atoms with Crippen molar-refractivity contribution in [2.45, 2.75) is 40.2 Å². The molecule has 0 aromatic heterocycles. The highest BCUT2D eigenvalue weighted by Gasteiger charge is 2.06. The van der Waals surface area contributed by atoms with Crippen LogP contribution in [0.25, 0.3) is 5.70 Å². The molecular weight excluding hydrogens is 218 g/mol. The molecule has 1 rings (SSSR count). The van der Waals surface area contributed by atoms with Crippen molar-refractivity contribution in [3.05, 3.63) is 40.4 Å². The molecule has 1 nitrogen and oxygen atoms in total. The van der Waals surface area contributed by atoms with Gasteiger partial charge in [-0.2, -0.15) is 0 Å². The Kier molecular flexibility index (Phi) is 4.88. The second-order valence-electron chi connectivity index (χ2n) is 4.31. The molecule has 0 radical (unpaired) electrons. The molecule has 0 heterocycles. The molecule has 0 aliphatic rings. The summed E-state index contributed by atoms with van der Waals surface area (Å²) in [5, 5.41) is 4.28. The Morgan fingerprint density at radius 1 is 1.25 bits per heavy atom. The molecule has 1 N–H and O–H groups in total. The standard InChI is InChI=1S/C14H20ClN/c1-5-11(4)14(16-10(2)3)12-6-8-13(15)9-7-12/h6-10,16H,5H2,1-4H3/b14-11+. The van der Waals surface area contributed by atoms with Gasteiger partial charge < -0.3 is 5.32 Å². The minimum atomic E-state index is 0.437. The van der Waals surface area contributed by atoms with Gasteiger partial charge in [0.05, 0.1) is 0 Å². The third-order valence-electron chi connectivity index (χ3n) is 2.52. The summed E-state index contributed by atoms with van der Waals surface area (Å²) >= 11 is 5.90. The van der Waals surface area contributed by atoms with E-state index in [0.29, 0.717) is 6.04 Å². The van der Waals surface area contributed by atoms with E-state index in [4.69, 9.17) is 11.6 Å². The first-order valence-corrected chi connectivity index (χ1v) is 6.14. The maximum absolute atomic E-state index is 5.90. The third-order valence-corrected chi connectivity index (χ3v) is 2.77. The van der Waals surface area contributed by atoms with Crippen LogP contribution in [0.2, 0.25) is 5.02 Å². The minimum Gasteiger partial charge on any atom is -0.382 e. The van der Waals surface area contributed by atoms with E-state index in [1.54, 1.807) is 0 Å². The van der Waals surface area contributed by atoms with Gasteiger partial charge in [0.25, 0.3) is 0 Å². The first-order valence-electron chi connectivity index (χ1n) is 5.76. The van der Waals surface area contributed by atoms with E-state index in [-0.39, 0.29) is 0 Å². The highest BCUT2D eigenvalue weighted by atomic mass is 35.5. The van der Waals surface area contributed by atoms with Crippen LogP contribution in [0.5, 0.6) is 0 Å². The van der Waals surface area contributed by atoms with Crippen LogP contribution in [0.3, 0.4) is 0 Å². The third kappa shape index (κ3) is 3.57. The van der Waals surface area contributed by atoms with Crippen molar-refractivity contribution < 1.29 is 0 Å². The van der Waals surface area contributed by atoms with E-state index in [0.717, 1.165) is 11.4 Å². The second kappa shape index (κ2) is 5.95. The number of hydrogen-bond donors (Lipinski definition) is 1. The van der Waals surface area contributed by atoms with Gasteiger partial charge in [-0.05, 0) is 50.5 Å². The molecule has 0 atom stereocenters. The molecule has 0 spiro atoms. The Morgan fingerprint density at radius 2 is 1.81 bits per heavy atom. The zero-order chi connectivity index (χ0) is 12.1. The van der Waals surface area contributed by atoms with E-state index in [1.807, 2.05) is 12.1 Å². The van der Waals surface area contributed by atoms with Crippen LogP contribution >= 0.6 is 11.6 Å². The summed E-state index contributed by atoms with van der Waals surface area (Å²) in [5.74, 6) is 0. The molecule has 2 heteroatoms. The number of halogens is 1. The lowest BCUT2D eigenvalue weighted by Crippen LogP contribution is -2.22. The fraction of sp³-hybridized carbons (Fsp3) is 0.429. The fourth-order valence-electron chi connectivity index (χ4n) is 1.53. The van der Waals surface area contributed by atoms with Crippen molar-refractivity contribution in [2.75, 3.05) is 0 Å². The van der Waals surface area contributed by atoms with Gasteiger partial charge in [0.1, 0.15) is 0 Å². The normalized spacial score (nSPS) is 12.6. The highest BCUT2D eigenvalue weighted by Crippen LogP contribution is 2.20. The van der Waals surface area contributed by atoms with Crippen LogP contribution in [0.1, 0.15) is 39.7 Å². The summed E-state index contributed by atoms with van der Waals surface area (Å²) in [4.78, 5) is 0. The molecule has 0 fully saturated rings. The quantitative estimate of drug-likeness (QED) is 0.814. The lowest BCUT2D eigenvalue weighted by atomic mass is 10.0. The molecule has 88 valence electrons. The van der Waals surface area contributed by atoms with Crippen LogP contribution in [0.4, 0.5) is 0 Å². The average molecular weight is 238 g/mol. The smallest absolute Gasteiger partial charge is 0.0406 e. The van der Waals surface area contributed by atoms with Crippen LogP contribution in [-0.2, 0) is 0 Å². The monoisotopic (exact) mass is 237 g/mol. The minimum absolute atomic E-state index is 0.437. The Labute approximate surface area is 104 Å². The number of benzene rings is 1. The van der Waals surface area contributed by atoms with Gasteiger partial charge in [0.2, 0.25) is 0 Å². The van der Waals surface area contributed by atoms with Crippen molar-refractivity contribution in [2.24, 2.45) is 0 Å². The second-order valence-corrected chi connectivity index (χ2v) is 4.75. The van der Waals surface area contributed by atoms with Crippen molar-refractivity contribution >= 4 is 17.3 Å². The highest BCUT2D eigenvalue weighted by molar-refractivity contribution is 6.30. The van der Waals surface area contributed by atoms with Gasteiger partial charge in [-0.15, -0.1) is 0 Å². The van der Waals surface area contributed by atoms with Gasteiger partial charge in [-0.1, -0.05) is 30.7 Å². The molecule has 1 aromatic carbocycles. The zero-order valence-corrected chi connectivity index (χ0v) is 11.2. The molecule has 0 saturated heterocycles. The summed E-state index contributed by atoms with van der Waals surface area (Å²) in [6, 6.07) is 8.43. The van der Waals surface area contributed by atoms with E-state index < -0.39 is 0 Å². The molecule has 0 aliphatic carbocycles. The van der Waals surface area contributed by atoms with E-state index >= 15 is 0 Å². The van der Waals surface area contributed by atoms with Crippen molar-refractivity contribution in [3.63, 3.8) is 0 Å². The van der Waals surface area contributed by atoms with Gasteiger partial charge in [-0.25, -0.2) is 0 Å². The maximum atomic E-state index is 5.90. The fourth-order valence-corrected chi connectivity index (χ4v) is 1.66. The van der Waals surface area contributed by atoms with Crippen LogP contribution in [0, 0.1) is 0 Å².